The standard InChI is InChI=1S/C18H18N2O3/c1-23-16-5-3-2-4-14(16)18(22)19-11-12-6-8-15-13(10-12)7-9-17(21)20-15/h2-6,8,10H,7,9,11H2,1H3,(H,19,22)(H,20,21). The van der Waals surface area contributed by atoms with E-state index in [1.807, 2.05) is 24.3 Å². The SMILES string of the molecule is COc1ccccc1C(=O)NCc1ccc2c(c1)CCC(=O)N2. The maximum atomic E-state index is 12.3. The van der Waals surface area contributed by atoms with Gasteiger partial charge in [-0.05, 0) is 35.7 Å². The van der Waals surface area contributed by atoms with Gasteiger partial charge in [-0.1, -0.05) is 24.3 Å². The third kappa shape index (κ3) is 3.34. The third-order valence-electron chi connectivity index (χ3n) is 3.87. The van der Waals surface area contributed by atoms with Crippen LogP contribution < -0.4 is 15.4 Å². The number of methoxy groups -OCH3 is 1. The van der Waals surface area contributed by atoms with Gasteiger partial charge in [-0.25, -0.2) is 0 Å². The van der Waals surface area contributed by atoms with Crippen molar-refractivity contribution >= 4 is 17.5 Å². The van der Waals surface area contributed by atoms with Crippen LogP contribution in [0.3, 0.4) is 0 Å². The number of para-hydroxylation sites is 1. The lowest BCUT2D eigenvalue weighted by Crippen LogP contribution is -2.24. The van der Waals surface area contributed by atoms with Crippen LogP contribution in [0, 0.1) is 0 Å². The van der Waals surface area contributed by atoms with Crippen molar-refractivity contribution in [1.82, 2.24) is 5.32 Å². The molecule has 0 aliphatic carbocycles. The molecular formula is C18H18N2O3. The van der Waals surface area contributed by atoms with E-state index in [9.17, 15) is 9.59 Å². The van der Waals surface area contributed by atoms with Crippen molar-refractivity contribution in [3.05, 3.63) is 59.2 Å². The topological polar surface area (TPSA) is 67.4 Å². The highest BCUT2D eigenvalue weighted by molar-refractivity contribution is 5.97. The molecular weight excluding hydrogens is 292 g/mol. The number of carbonyl (C=O) groups excluding carboxylic acids is 2. The molecule has 0 radical (unpaired) electrons. The molecule has 0 unspecified atom stereocenters. The van der Waals surface area contributed by atoms with Gasteiger partial charge in [0.2, 0.25) is 5.91 Å². The van der Waals surface area contributed by atoms with Crippen LogP contribution in [0.5, 0.6) is 5.75 Å². The average molecular weight is 310 g/mol. The Bertz CT molecular complexity index is 756. The van der Waals surface area contributed by atoms with Crippen molar-refractivity contribution in [2.75, 3.05) is 12.4 Å². The van der Waals surface area contributed by atoms with Gasteiger partial charge < -0.3 is 15.4 Å². The molecule has 1 aliphatic heterocycles. The Hall–Kier alpha value is -2.82. The number of aryl methyl sites for hydroxylation is 1. The predicted molar refractivity (Wildman–Crippen MR) is 87.6 cm³/mol. The van der Waals surface area contributed by atoms with Gasteiger partial charge in [-0.3, -0.25) is 9.59 Å². The fraction of sp³-hybridized carbons (Fsp3) is 0.222. The first-order valence-corrected chi connectivity index (χ1v) is 7.50. The van der Waals surface area contributed by atoms with Crippen molar-refractivity contribution in [2.45, 2.75) is 19.4 Å². The summed E-state index contributed by atoms with van der Waals surface area (Å²) in [7, 11) is 1.55. The van der Waals surface area contributed by atoms with Crippen LogP contribution in [-0.4, -0.2) is 18.9 Å². The highest BCUT2D eigenvalue weighted by Crippen LogP contribution is 2.23. The first-order valence-electron chi connectivity index (χ1n) is 7.50. The minimum atomic E-state index is -0.173. The second-order valence-electron chi connectivity index (χ2n) is 5.42. The Labute approximate surface area is 134 Å². The molecule has 3 rings (SSSR count). The van der Waals surface area contributed by atoms with Crippen molar-refractivity contribution in [3.8, 4) is 5.75 Å². The molecule has 0 fully saturated rings. The number of amides is 2. The Morgan fingerprint density at radius 1 is 1.22 bits per heavy atom. The molecule has 23 heavy (non-hydrogen) atoms. The molecule has 0 aromatic heterocycles. The molecule has 1 heterocycles. The largest absolute Gasteiger partial charge is 0.496 e. The molecule has 0 spiro atoms. The number of anilines is 1. The van der Waals surface area contributed by atoms with E-state index in [4.69, 9.17) is 4.74 Å². The minimum Gasteiger partial charge on any atom is -0.496 e. The summed E-state index contributed by atoms with van der Waals surface area (Å²) >= 11 is 0. The van der Waals surface area contributed by atoms with Crippen LogP contribution in [0.4, 0.5) is 5.69 Å². The van der Waals surface area contributed by atoms with E-state index < -0.39 is 0 Å². The summed E-state index contributed by atoms with van der Waals surface area (Å²) in [5.74, 6) is 0.432. The van der Waals surface area contributed by atoms with Crippen LogP contribution in [0.25, 0.3) is 0 Å². The lowest BCUT2D eigenvalue weighted by molar-refractivity contribution is -0.116. The molecule has 5 nitrogen and oxygen atoms in total. The first kappa shape index (κ1) is 15.1. The fourth-order valence-electron chi connectivity index (χ4n) is 2.66. The summed E-state index contributed by atoms with van der Waals surface area (Å²) in [4.78, 5) is 23.6. The van der Waals surface area contributed by atoms with Gasteiger partial charge in [0.25, 0.3) is 5.91 Å². The summed E-state index contributed by atoms with van der Waals surface area (Å²) in [5, 5.41) is 5.75. The Morgan fingerprint density at radius 2 is 2.04 bits per heavy atom. The fourth-order valence-corrected chi connectivity index (χ4v) is 2.66. The number of nitrogens with one attached hydrogen (secondary N) is 2. The van der Waals surface area contributed by atoms with Gasteiger partial charge in [0.15, 0.2) is 0 Å². The van der Waals surface area contributed by atoms with Crippen LogP contribution in [0.1, 0.15) is 27.9 Å². The summed E-state index contributed by atoms with van der Waals surface area (Å²) in [6.07, 6.45) is 1.24. The van der Waals surface area contributed by atoms with Gasteiger partial charge in [0.05, 0.1) is 12.7 Å². The van der Waals surface area contributed by atoms with E-state index in [-0.39, 0.29) is 11.8 Å². The van der Waals surface area contributed by atoms with Crippen LogP contribution >= 0.6 is 0 Å². The number of hydrogen-bond acceptors (Lipinski definition) is 3. The number of fused-ring (bicyclic) bond motifs is 1. The second kappa shape index (κ2) is 6.52. The van der Waals surface area contributed by atoms with Gasteiger partial charge >= 0.3 is 0 Å². The average Bonchev–Trinajstić information content (AvgIpc) is 2.59. The molecule has 2 aromatic rings. The van der Waals surface area contributed by atoms with Crippen LogP contribution in [-0.2, 0) is 17.8 Å². The van der Waals surface area contributed by atoms with E-state index in [0.717, 1.165) is 23.2 Å². The van der Waals surface area contributed by atoms with Gasteiger partial charge in [-0.2, -0.15) is 0 Å². The number of hydrogen-bond donors (Lipinski definition) is 2. The zero-order valence-electron chi connectivity index (χ0n) is 12.9. The highest BCUT2D eigenvalue weighted by Gasteiger charge is 2.15. The van der Waals surface area contributed by atoms with E-state index >= 15 is 0 Å². The molecule has 0 atom stereocenters. The lowest BCUT2D eigenvalue weighted by Gasteiger charge is -2.17. The number of rotatable bonds is 4. The summed E-state index contributed by atoms with van der Waals surface area (Å²) in [6, 6.07) is 12.9. The predicted octanol–water partition coefficient (Wildman–Crippen LogP) is 2.51. The zero-order valence-corrected chi connectivity index (χ0v) is 12.9. The van der Waals surface area contributed by atoms with E-state index in [1.165, 1.54) is 0 Å². The summed E-state index contributed by atoms with van der Waals surface area (Å²) in [6.45, 7) is 0.429. The zero-order chi connectivity index (χ0) is 16.2. The van der Waals surface area contributed by atoms with Crippen LogP contribution in [0.2, 0.25) is 0 Å². The number of ether oxygens (including phenoxy) is 1. The molecule has 0 saturated heterocycles. The maximum Gasteiger partial charge on any atom is 0.255 e. The Morgan fingerprint density at radius 3 is 2.87 bits per heavy atom. The van der Waals surface area contributed by atoms with Crippen LogP contribution in [0.15, 0.2) is 42.5 Å². The van der Waals surface area contributed by atoms with Crippen molar-refractivity contribution in [1.29, 1.82) is 0 Å². The van der Waals surface area contributed by atoms with Crippen molar-refractivity contribution < 1.29 is 14.3 Å². The van der Waals surface area contributed by atoms with Crippen molar-refractivity contribution in [3.63, 3.8) is 0 Å². The van der Waals surface area contributed by atoms with Gasteiger partial charge in [0.1, 0.15) is 5.75 Å². The summed E-state index contributed by atoms with van der Waals surface area (Å²) < 4.78 is 5.20. The normalized spacial score (nSPS) is 13.0. The molecule has 1 aliphatic rings. The smallest absolute Gasteiger partial charge is 0.255 e. The Kier molecular flexibility index (Phi) is 4.28. The molecule has 0 saturated carbocycles. The molecule has 5 heteroatoms. The van der Waals surface area contributed by atoms with Gasteiger partial charge in [0, 0.05) is 18.7 Å². The number of carbonyl (C=O) groups is 2. The highest BCUT2D eigenvalue weighted by atomic mass is 16.5. The quantitative estimate of drug-likeness (QED) is 0.912. The molecule has 118 valence electrons. The second-order valence-corrected chi connectivity index (χ2v) is 5.42. The third-order valence-corrected chi connectivity index (χ3v) is 3.87. The molecule has 2 amide bonds. The number of benzene rings is 2. The van der Waals surface area contributed by atoms with E-state index in [0.29, 0.717) is 24.3 Å². The molecule has 2 aromatic carbocycles. The lowest BCUT2D eigenvalue weighted by atomic mass is 10.0. The molecule has 2 N–H and O–H groups in total. The molecule has 0 bridgehead atoms. The van der Waals surface area contributed by atoms with E-state index in [2.05, 4.69) is 10.6 Å². The first-order chi connectivity index (χ1) is 11.2. The summed E-state index contributed by atoms with van der Waals surface area (Å²) in [5.41, 5.74) is 3.48. The maximum absolute atomic E-state index is 12.3. The van der Waals surface area contributed by atoms with E-state index in [1.54, 1.807) is 25.3 Å². The van der Waals surface area contributed by atoms with Crippen molar-refractivity contribution in [2.24, 2.45) is 0 Å². The van der Waals surface area contributed by atoms with Gasteiger partial charge in [-0.15, -0.1) is 0 Å². The Balaban J connectivity index is 1.69. The minimum absolute atomic E-state index is 0.0507. The monoisotopic (exact) mass is 310 g/mol.